The van der Waals surface area contributed by atoms with Gasteiger partial charge in [-0.2, -0.15) is 0 Å². The molecule has 0 aliphatic carbocycles. The molecule has 0 spiro atoms. The molecule has 0 fully saturated rings. The summed E-state index contributed by atoms with van der Waals surface area (Å²) in [5.41, 5.74) is 3.25. The number of carbonyl (C=O) groups is 1. The maximum Gasteiger partial charge on any atom is 0.331 e. The van der Waals surface area contributed by atoms with Gasteiger partial charge in [0.1, 0.15) is 24.7 Å². The van der Waals surface area contributed by atoms with E-state index >= 15 is 0 Å². The third kappa shape index (κ3) is 5.84. The lowest BCUT2D eigenvalue weighted by molar-refractivity contribution is -0.139. The van der Waals surface area contributed by atoms with Crippen molar-refractivity contribution in [1.29, 1.82) is 0 Å². The van der Waals surface area contributed by atoms with Gasteiger partial charge in [-0.15, -0.1) is 0 Å². The number of halogens is 1. The molecule has 0 saturated heterocycles. The van der Waals surface area contributed by atoms with Crippen LogP contribution in [-0.4, -0.2) is 17.7 Å². The highest BCUT2D eigenvalue weighted by Gasteiger charge is 2.17. The summed E-state index contributed by atoms with van der Waals surface area (Å²) < 4.78 is 21.8. The predicted octanol–water partition coefficient (Wildman–Crippen LogP) is 4.94. The highest BCUT2D eigenvalue weighted by atomic mass is 35.5. The van der Waals surface area contributed by atoms with E-state index < -0.39 is 5.97 Å². The summed E-state index contributed by atoms with van der Waals surface area (Å²) in [5, 5.41) is 0.541. The third-order valence-corrected chi connectivity index (χ3v) is 4.74. The Labute approximate surface area is 185 Å². The minimum Gasteiger partial charge on any atom is -0.487 e. The molecule has 1 aliphatic heterocycles. The van der Waals surface area contributed by atoms with Crippen LogP contribution >= 0.6 is 11.6 Å². The lowest BCUT2D eigenvalue weighted by Crippen LogP contribution is -2.14. The largest absolute Gasteiger partial charge is 0.487 e. The number of esters is 1. The van der Waals surface area contributed by atoms with Crippen molar-refractivity contribution in [2.24, 2.45) is 0 Å². The van der Waals surface area contributed by atoms with Crippen LogP contribution < -0.4 is 9.47 Å². The van der Waals surface area contributed by atoms with Gasteiger partial charge in [-0.1, -0.05) is 29.8 Å². The van der Waals surface area contributed by atoms with Crippen LogP contribution in [0, 0.1) is 0 Å². The van der Waals surface area contributed by atoms with Gasteiger partial charge in [0.15, 0.2) is 6.79 Å². The second kappa shape index (κ2) is 10.1. The van der Waals surface area contributed by atoms with E-state index in [2.05, 4.69) is 4.98 Å². The normalized spacial score (nSPS) is 12.8. The summed E-state index contributed by atoms with van der Waals surface area (Å²) in [4.78, 5) is 16.3. The number of hydrogen-bond acceptors (Lipinski definition) is 6. The van der Waals surface area contributed by atoms with Gasteiger partial charge in [0, 0.05) is 28.4 Å². The van der Waals surface area contributed by atoms with E-state index in [4.69, 9.17) is 30.5 Å². The molecule has 0 N–H and O–H groups in total. The summed E-state index contributed by atoms with van der Waals surface area (Å²) in [7, 11) is 0. The zero-order valence-corrected chi connectivity index (χ0v) is 17.4. The number of ether oxygens (including phenoxy) is 4. The molecule has 7 heteroatoms. The van der Waals surface area contributed by atoms with Gasteiger partial charge in [0.05, 0.1) is 12.3 Å². The van der Waals surface area contributed by atoms with Gasteiger partial charge in [-0.25, -0.2) is 4.79 Å². The monoisotopic (exact) mass is 437 g/mol. The lowest BCUT2D eigenvalue weighted by Gasteiger charge is -2.20. The summed E-state index contributed by atoms with van der Waals surface area (Å²) in [5.74, 6) is 0.921. The maximum absolute atomic E-state index is 12.1. The van der Waals surface area contributed by atoms with Gasteiger partial charge < -0.3 is 18.9 Å². The van der Waals surface area contributed by atoms with Crippen LogP contribution in [0.2, 0.25) is 5.02 Å². The van der Waals surface area contributed by atoms with Crippen LogP contribution in [0.25, 0.3) is 6.08 Å². The lowest BCUT2D eigenvalue weighted by atomic mass is 10.1. The van der Waals surface area contributed by atoms with E-state index in [1.165, 1.54) is 6.08 Å². The van der Waals surface area contributed by atoms with Crippen molar-refractivity contribution < 1.29 is 23.7 Å². The van der Waals surface area contributed by atoms with Crippen LogP contribution in [-0.2, 0) is 34.1 Å². The van der Waals surface area contributed by atoms with E-state index in [1.807, 2.05) is 42.5 Å². The standard InChI is InChI=1S/C24H20ClNO5/c25-20-11-18-13-28-16-31-24(18)19(12-20)14-30-23(27)9-6-17-4-7-22(8-5-17)29-15-21-3-1-2-10-26-21/h1-12H,13-16H2/b9-6+. The molecule has 0 radical (unpaired) electrons. The van der Waals surface area contributed by atoms with Crippen LogP contribution in [0.3, 0.4) is 0 Å². The minimum atomic E-state index is -0.462. The number of rotatable bonds is 7. The zero-order valence-electron chi connectivity index (χ0n) is 16.6. The summed E-state index contributed by atoms with van der Waals surface area (Å²) >= 11 is 6.13. The Hall–Kier alpha value is -3.35. The van der Waals surface area contributed by atoms with Crippen LogP contribution in [0.15, 0.2) is 66.9 Å². The second-order valence-corrected chi connectivity index (χ2v) is 7.22. The number of fused-ring (bicyclic) bond motifs is 1. The molecular formula is C24H20ClNO5. The quantitative estimate of drug-likeness (QED) is 0.385. The smallest absolute Gasteiger partial charge is 0.331 e. The Balaban J connectivity index is 1.30. The fourth-order valence-electron chi connectivity index (χ4n) is 3.04. The van der Waals surface area contributed by atoms with Gasteiger partial charge in [0.25, 0.3) is 0 Å². The van der Waals surface area contributed by atoms with Crippen molar-refractivity contribution in [3.05, 3.63) is 94.3 Å². The SMILES string of the molecule is O=C(/C=C/c1ccc(OCc2ccccn2)cc1)OCc1cc(Cl)cc2c1OCOC2. The van der Waals surface area contributed by atoms with Crippen molar-refractivity contribution in [3.8, 4) is 11.5 Å². The third-order valence-electron chi connectivity index (χ3n) is 4.53. The van der Waals surface area contributed by atoms with E-state index in [1.54, 1.807) is 24.4 Å². The van der Waals surface area contributed by atoms with E-state index in [0.29, 0.717) is 29.5 Å². The fraction of sp³-hybridized carbons (Fsp3) is 0.167. The van der Waals surface area contributed by atoms with Crippen molar-refractivity contribution in [1.82, 2.24) is 4.98 Å². The molecule has 1 aromatic heterocycles. The minimum absolute atomic E-state index is 0.0619. The van der Waals surface area contributed by atoms with Crippen molar-refractivity contribution >= 4 is 23.6 Å². The Bertz CT molecular complexity index is 1070. The summed E-state index contributed by atoms with van der Waals surface area (Å²) in [6, 6.07) is 16.6. The van der Waals surface area contributed by atoms with Gasteiger partial charge in [-0.3, -0.25) is 4.98 Å². The van der Waals surface area contributed by atoms with Crippen LogP contribution in [0.4, 0.5) is 0 Å². The fourth-order valence-corrected chi connectivity index (χ4v) is 3.30. The number of carbonyl (C=O) groups excluding carboxylic acids is 1. The Morgan fingerprint density at radius 1 is 1.13 bits per heavy atom. The molecular weight excluding hydrogens is 418 g/mol. The molecule has 6 nitrogen and oxygen atoms in total. The van der Waals surface area contributed by atoms with Crippen molar-refractivity contribution in [3.63, 3.8) is 0 Å². The van der Waals surface area contributed by atoms with Gasteiger partial charge in [-0.05, 0) is 48.0 Å². The second-order valence-electron chi connectivity index (χ2n) is 6.78. The molecule has 3 aromatic rings. The first-order chi connectivity index (χ1) is 15.2. The molecule has 158 valence electrons. The number of benzene rings is 2. The topological polar surface area (TPSA) is 66.9 Å². The first kappa shape index (κ1) is 20.9. The Morgan fingerprint density at radius 3 is 2.81 bits per heavy atom. The number of aromatic nitrogens is 1. The molecule has 0 bridgehead atoms. The van der Waals surface area contributed by atoms with Crippen molar-refractivity contribution in [2.45, 2.75) is 19.8 Å². The molecule has 0 atom stereocenters. The average Bonchev–Trinajstić information content (AvgIpc) is 2.81. The predicted molar refractivity (Wildman–Crippen MR) is 116 cm³/mol. The highest BCUT2D eigenvalue weighted by Crippen LogP contribution is 2.32. The van der Waals surface area contributed by atoms with Crippen LogP contribution in [0.5, 0.6) is 11.5 Å². The Morgan fingerprint density at radius 2 is 2.00 bits per heavy atom. The number of nitrogens with zero attached hydrogens (tertiary/aromatic N) is 1. The number of hydrogen-bond donors (Lipinski definition) is 0. The maximum atomic E-state index is 12.1. The van der Waals surface area contributed by atoms with Gasteiger partial charge >= 0.3 is 5.97 Å². The first-order valence-electron chi connectivity index (χ1n) is 9.67. The molecule has 0 unspecified atom stereocenters. The molecule has 4 rings (SSSR count). The summed E-state index contributed by atoms with van der Waals surface area (Å²) in [6.45, 7) is 1.03. The highest BCUT2D eigenvalue weighted by molar-refractivity contribution is 6.30. The number of pyridine rings is 1. The average molecular weight is 438 g/mol. The molecule has 2 heterocycles. The van der Waals surface area contributed by atoms with E-state index in [-0.39, 0.29) is 13.4 Å². The van der Waals surface area contributed by atoms with E-state index in [9.17, 15) is 4.79 Å². The first-order valence-corrected chi connectivity index (χ1v) is 10.0. The van der Waals surface area contributed by atoms with E-state index in [0.717, 1.165) is 22.6 Å². The zero-order chi connectivity index (χ0) is 21.5. The molecule has 0 saturated carbocycles. The van der Waals surface area contributed by atoms with Gasteiger partial charge in [0.2, 0.25) is 0 Å². The van der Waals surface area contributed by atoms with Crippen molar-refractivity contribution in [2.75, 3.05) is 6.79 Å². The molecule has 1 aliphatic rings. The summed E-state index contributed by atoms with van der Waals surface area (Å²) in [6.07, 6.45) is 4.79. The Kier molecular flexibility index (Phi) is 6.82. The molecule has 2 aromatic carbocycles. The molecule has 31 heavy (non-hydrogen) atoms. The van der Waals surface area contributed by atoms with Crippen LogP contribution in [0.1, 0.15) is 22.4 Å². The molecule has 0 amide bonds.